The number of carboxylic acid groups (broad SMARTS) is 1. The van der Waals surface area contributed by atoms with Gasteiger partial charge in [-0.3, -0.25) is 4.79 Å². The molecule has 0 saturated carbocycles. The number of hydrogen-bond acceptors (Lipinski definition) is 4. The molecular formula is C23H29NO4. The predicted molar refractivity (Wildman–Crippen MR) is 108 cm³/mol. The van der Waals surface area contributed by atoms with Crippen molar-refractivity contribution in [2.24, 2.45) is 11.8 Å². The molecule has 2 aromatic rings. The van der Waals surface area contributed by atoms with Gasteiger partial charge < -0.3 is 20.2 Å². The van der Waals surface area contributed by atoms with Crippen molar-refractivity contribution in [2.75, 3.05) is 19.6 Å². The second-order valence-corrected chi connectivity index (χ2v) is 8.18. The second kappa shape index (κ2) is 8.33. The van der Waals surface area contributed by atoms with Crippen LogP contribution in [-0.4, -0.2) is 45.8 Å². The largest absolute Gasteiger partial charge is 0.508 e. The average molecular weight is 383 g/mol. The smallest absolute Gasteiger partial charge is 0.310 e. The minimum atomic E-state index is -1.03. The fraction of sp³-hybridized carbons (Fsp3) is 0.435. The van der Waals surface area contributed by atoms with E-state index in [0.717, 1.165) is 25.1 Å². The zero-order valence-corrected chi connectivity index (χ0v) is 16.5. The third-order valence-corrected chi connectivity index (χ3v) is 6.37. The van der Waals surface area contributed by atoms with E-state index in [1.165, 1.54) is 0 Å². The normalized spacial score (nSPS) is 25.2. The summed E-state index contributed by atoms with van der Waals surface area (Å²) in [5, 5.41) is 30.2. The van der Waals surface area contributed by atoms with E-state index in [1.807, 2.05) is 24.3 Å². The van der Waals surface area contributed by atoms with Gasteiger partial charge >= 0.3 is 5.97 Å². The fourth-order valence-corrected chi connectivity index (χ4v) is 4.25. The number of aromatic hydroxyl groups is 1. The molecule has 0 aliphatic carbocycles. The first-order valence-corrected chi connectivity index (χ1v) is 9.79. The lowest BCUT2D eigenvalue weighted by molar-refractivity contribution is -0.147. The van der Waals surface area contributed by atoms with Gasteiger partial charge in [0.2, 0.25) is 0 Å². The molecule has 0 spiro atoms. The van der Waals surface area contributed by atoms with Gasteiger partial charge in [0.25, 0.3) is 0 Å². The van der Waals surface area contributed by atoms with E-state index in [2.05, 4.69) is 18.7 Å². The lowest BCUT2D eigenvalue weighted by Gasteiger charge is -2.45. The molecule has 1 aliphatic rings. The van der Waals surface area contributed by atoms with E-state index in [-0.39, 0.29) is 17.1 Å². The number of phenols is 1. The SMILES string of the molecule is C[C@H]1CN(C[C@H](C(=O)O)[C@@H](O)c2ccccc2)CC[C@@]1(C)c1cccc(O)c1. The summed E-state index contributed by atoms with van der Waals surface area (Å²) in [6, 6.07) is 16.4. The van der Waals surface area contributed by atoms with Crippen molar-refractivity contribution in [3.63, 3.8) is 0 Å². The van der Waals surface area contributed by atoms with Gasteiger partial charge in [0.1, 0.15) is 5.75 Å². The summed E-state index contributed by atoms with van der Waals surface area (Å²) in [7, 11) is 0. The molecule has 150 valence electrons. The zero-order chi connectivity index (χ0) is 20.3. The molecule has 4 atom stereocenters. The Kier molecular flexibility index (Phi) is 6.06. The van der Waals surface area contributed by atoms with Gasteiger partial charge in [-0.2, -0.15) is 0 Å². The van der Waals surface area contributed by atoms with Gasteiger partial charge in [-0.1, -0.05) is 56.3 Å². The Labute approximate surface area is 166 Å². The maximum Gasteiger partial charge on any atom is 0.310 e. The van der Waals surface area contributed by atoms with Crippen molar-refractivity contribution in [3.8, 4) is 5.75 Å². The molecule has 2 aromatic carbocycles. The van der Waals surface area contributed by atoms with Crippen LogP contribution in [-0.2, 0) is 10.2 Å². The van der Waals surface area contributed by atoms with Gasteiger partial charge in [0.15, 0.2) is 0 Å². The first-order chi connectivity index (χ1) is 13.3. The van der Waals surface area contributed by atoms with Gasteiger partial charge in [0.05, 0.1) is 12.0 Å². The van der Waals surface area contributed by atoms with Crippen LogP contribution in [0.3, 0.4) is 0 Å². The Hall–Kier alpha value is -2.37. The van der Waals surface area contributed by atoms with Crippen LogP contribution >= 0.6 is 0 Å². The third kappa shape index (κ3) is 4.21. The molecule has 0 radical (unpaired) electrons. The number of carbonyl (C=O) groups is 1. The van der Waals surface area contributed by atoms with Crippen molar-refractivity contribution in [1.82, 2.24) is 4.90 Å². The van der Waals surface area contributed by atoms with Crippen LogP contribution in [0.4, 0.5) is 0 Å². The third-order valence-electron chi connectivity index (χ3n) is 6.37. The lowest BCUT2D eigenvalue weighted by Crippen LogP contribution is -2.49. The minimum Gasteiger partial charge on any atom is -0.508 e. The number of aliphatic carboxylic acids is 1. The van der Waals surface area contributed by atoms with Crippen molar-refractivity contribution >= 4 is 5.97 Å². The quantitative estimate of drug-likeness (QED) is 0.712. The van der Waals surface area contributed by atoms with Crippen molar-refractivity contribution in [2.45, 2.75) is 31.8 Å². The molecule has 0 unspecified atom stereocenters. The summed E-state index contributed by atoms with van der Waals surface area (Å²) in [6.45, 7) is 6.18. The molecule has 1 heterocycles. The van der Waals surface area contributed by atoms with Gasteiger partial charge in [-0.05, 0) is 47.6 Å². The first-order valence-electron chi connectivity index (χ1n) is 9.79. The van der Waals surface area contributed by atoms with Gasteiger partial charge in [-0.15, -0.1) is 0 Å². The Morgan fingerprint density at radius 3 is 2.54 bits per heavy atom. The lowest BCUT2D eigenvalue weighted by atomic mass is 9.68. The van der Waals surface area contributed by atoms with Crippen LogP contribution in [0.1, 0.15) is 37.5 Å². The number of hydrogen-bond donors (Lipinski definition) is 3. The summed E-state index contributed by atoms with van der Waals surface area (Å²) >= 11 is 0. The number of phenolic OH excluding ortho intramolecular Hbond substituents is 1. The molecule has 1 saturated heterocycles. The molecule has 28 heavy (non-hydrogen) atoms. The number of nitrogens with zero attached hydrogens (tertiary/aromatic N) is 1. The molecular weight excluding hydrogens is 354 g/mol. The maximum atomic E-state index is 11.8. The maximum absolute atomic E-state index is 11.8. The summed E-state index contributed by atoms with van der Waals surface area (Å²) in [4.78, 5) is 14.0. The molecule has 3 rings (SSSR count). The molecule has 0 amide bonds. The average Bonchev–Trinajstić information content (AvgIpc) is 2.69. The van der Waals surface area contributed by atoms with Gasteiger partial charge in [-0.25, -0.2) is 0 Å². The van der Waals surface area contributed by atoms with Crippen LogP contribution in [0.5, 0.6) is 5.75 Å². The molecule has 1 aliphatic heterocycles. The zero-order valence-electron chi connectivity index (χ0n) is 16.5. The van der Waals surface area contributed by atoms with E-state index in [1.54, 1.807) is 30.3 Å². The number of rotatable bonds is 6. The molecule has 1 fully saturated rings. The highest BCUT2D eigenvalue weighted by atomic mass is 16.4. The van der Waals surface area contributed by atoms with E-state index in [9.17, 15) is 20.1 Å². The topological polar surface area (TPSA) is 81.0 Å². The number of benzene rings is 2. The van der Waals surface area contributed by atoms with Crippen LogP contribution in [0.2, 0.25) is 0 Å². The highest BCUT2D eigenvalue weighted by molar-refractivity contribution is 5.71. The molecule has 3 N–H and O–H groups in total. The van der Waals surface area contributed by atoms with Crippen molar-refractivity contribution in [3.05, 3.63) is 65.7 Å². The van der Waals surface area contributed by atoms with E-state index in [4.69, 9.17) is 0 Å². The molecule has 0 bridgehead atoms. The molecule has 5 heteroatoms. The number of likely N-dealkylation sites (tertiary alicyclic amines) is 1. The van der Waals surface area contributed by atoms with Crippen LogP contribution < -0.4 is 0 Å². The molecule has 0 aromatic heterocycles. The Morgan fingerprint density at radius 1 is 1.21 bits per heavy atom. The highest BCUT2D eigenvalue weighted by Gasteiger charge is 2.40. The number of aliphatic hydroxyl groups excluding tert-OH is 1. The Morgan fingerprint density at radius 2 is 1.93 bits per heavy atom. The van der Waals surface area contributed by atoms with Crippen LogP contribution in [0, 0.1) is 11.8 Å². The highest BCUT2D eigenvalue weighted by Crippen LogP contribution is 2.40. The summed E-state index contributed by atoms with van der Waals surface area (Å²) in [5.41, 5.74) is 1.66. The summed E-state index contributed by atoms with van der Waals surface area (Å²) in [5.74, 6) is -1.30. The molecule has 5 nitrogen and oxygen atoms in total. The van der Waals surface area contributed by atoms with Crippen LogP contribution in [0.25, 0.3) is 0 Å². The predicted octanol–water partition coefficient (Wildman–Crippen LogP) is 3.43. The number of aliphatic hydroxyl groups is 1. The minimum absolute atomic E-state index is 0.0774. The number of piperidine rings is 1. The Bertz CT molecular complexity index is 809. The van der Waals surface area contributed by atoms with E-state index in [0.29, 0.717) is 12.1 Å². The van der Waals surface area contributed by atoms with Crippen molar-refractivity contribution in [1.29, 1.82) is 0 Å². The van der Waals surface area contributed by atoms with Crippen LogP contribution in [0.15, 0.2) is 54.6 Å². The summed E-state index contributed by atoms with van der Waals surface area (Å²) < 4.78 is 0. The van der Waals surface area contributed by atoms with Crippen molar-refractivity contribution < 1.29 is 20.1 Å². The summed E-state index contributed by atoms with van der Waals surface area (Å²) in [6.07, 6.45) is -0.167. The van der Waals surface area contributed by atoms with Gasteiger partial charge in [0, 0.05) is 13.1 Å². The second-order valence-electron chi connectivity index (χ2n) is 8.18. The standard InChI is InChI=1S/C23H29NO4/c1-16-14-24(12-11-23(16,2)18-9-6-10-19(25)13-18)15-20(22(27)28)21(26)17-7-4-3-5-8-17/h3-10,13,16,20-21,25-26H,11-12,14-15H2,1-2H3,(H,27,28)/t16-,20-,21-,23+/m0/s1. The van der Waals surface area contributed by atoms with E-state index < -0.39 is 18.0 Å². The number of carboxylic acids is 1. The first kappa shape index (κ1) is 20.4. The van der Waals surface area contributed by atoms with E-state index >= 15 is 0 Å². The fourth-order valence-electron chi connectivity index (χ4n) is 4.25. The monoisotopic (exact) mass is 383 g/mol. The Balaban J connectivity index is 1.71.